The molecule has 0 bridgehead atoms. The minimum absolute atomic E-state index is 0.422. The van der Waals surface area contributed by atoms with E-state index in [2.05, 4.69) is 129 Å². The van der Waals surface area contributed by atoms with Crippen molar-refractivity contribution in [2.75, 3.05) is 0 Å². The van der Waals surface area contributed by atoms with Crippen LogP contribution in [0.2, 0.25) is 0 Å². The summed E-state index contributed by atoms with van der Waals surface area (Å²) < 4.78 is 11.3. The lowest BCUT2D eigenvalue weighted by molar-refractivity contribution is 0.669. The van der Waals surface area contributed by atoms with E-state index in [1.54, 1.807) is 0 Å². The Morgan fingerprint density at radius 2 is 0.915 bits per heavy atom. The van der Waals surface area contributed by atoms with Gasteiger partial charge in [0.25, 0.3) is 0 Å². The zero-order chi connectivity index (χ0) is 39.0. The zero-order valence-electron chi connectivity index (χ0n) is 31.5. The van der Waals surface area contributed by atoms with Gasteiger partial charge in [-0.3, -0.25) is 0 Å². The van der Waals surface area contributed by atoms with Gasteiger partial charge in [-0.1, -0.05) is 127 Å². The Balaban J connectivity index is 1.08. The first-order valence-corrected chi connectivity index (χ1v) is 19.6. The number of hydrogen-bond donors (Lipinski definition) is 0. The highest BCUT2D eigenvalue weighted by atomic mass is 16.3. The van der Waals surface area contributed by atoms with Crippen molar-refractivity contribution in [2.45, 2.75) is 0 Å². The third-order valence-corrected chi connectivity index (χ3v) is 11.6. The van der Waals surface area contributed by atoms with Gasteiger partial charge in [0.05, 0.1) is 40.0 Å². The van der Waals surface area contributed by atoms with Crippen molar-refractivity contribution in [2.24, 2.45) is 0 Å². The summed E-state index contributed by atoms with van der Waals surface area (Å²) in [5.41, 5.74) is 12.4. The third-order valence-electron chi connectivity index (χ3n) is 11.6. The summed E-state index contributed by atoms with van der Waals surface area (Å²) >= 11 is 0. The predicted octanol–water partition coefficient (Wildman–Crippen LogP) is 14.1. The van der Waals surface area contributed by atoms with E-state index in [4.69, 9.17) is 21.0 Å². The molecule has 6 nitrogen and oxygen atoms in total. The van der Waals surface area contributed by atoms with Crippen molar-refractivity contribution in [3.05, 3.63) is 199 Å². The van der Waals surface area contributed by atoms with Gasteiger partial charge in [0, 0.05) is 49.3 Å². The van der Waals surface area contributed by atoms with E-state index in [0.29, 0.717) is 22.9 Å². The molecule has 0 N–H and O–H groups in total. The highest BCUT2D eigenvalue weighted by Gasteiger charge is 2.23. The van der Waals surface area contributed by atoms with Gasteiger partial charge in [-0.05, 0) is 71.8 Å². The standard InChI is InChI=1S/C53H31N5O/c1-54-52-50(33-15-4-2-5-16-33)55-53(56-51(52)34-17-6-3-7-18-34)40-22-14-26-48-49(40)42-32-36(28-30-47(42)59-48)58-45-25-13-10-21-39(45)41-31-35(27-29-46(41)58)57-43-23-11-8-19-37(43)38-20-9-12-24-44(38)57/h2-32H. The van der Waals surface area contributed by atoms with Crippen molar-refractivity contribution in [1.29, 1.82) is 0 Å². The van der Waals surface area contributed by atoms with E-state index < -0.39 is 0 Å². The van der Waals surface area contributed by atoms with E-state index in [-0.39, 0.29) is 0 Å². The van der Waals surface area contributed by atoms with Crippen molar-refractivity contribution >= 4 is 71.2 Å². The topological polar surface area (TPSA) is 53.1 Å². The molecule has 0 fully saturated rings. The highest BCUT2D eigenvalue weighted by Crippen LogP contribution is 2.43. The van der Waals surface area contributed by atoms with Gasteiger partial charge in [0.15, 0.2) is 5.82 Å². The average Bonchev–Trinajstić information content (AvgIpc) is 3.96. The molecule has 0 aliphatic rings. The van der Waals surface area contributed by atoms with Gasteiger partial charge >= 0.3 is 0 Å². The Labute approximate surface area is 338 Å². The fourth-order valence-electron chi connectivity index (χ4n) is 8.99. The summed E-state index contributed by atoms with van der Waals surface area (Å²) in [6.07, 6.45) is 0. The Kier molecular flexibility index (Phi) is 7.19. The summed E-state index contributed by atoms with van der Waals surface area (Å²) in [5.74, 6) is 0.531. The second kappa shape index (κ2) is 12.9. The number of hydrogen-bond acceptors (Lipinski definition) is 3. The van der Waals surface area contributed by atoms with Gasteiger partial charge in [-0.25, -0.2) is 14.8 Å². The van der Waals surface area contributed by atoms with E-state index in [0.717, 1.165) is 61.0 Å². The quantitative estimate of drug-likeness (QED) is 0.164. The van der Waals surface area contributed by atoms with Crippen LogP contribution in [0.1, 0.15) is 0 Å². The largest absolute Gasteiger partial charge is 0.456 e. The van der Waals surface area contributed by atoms with Crippen molar-refractivity contribution in [1.82, 2.24) is 19.1 Å². The number of nitrogens with zero attached hydrogens (tertiary/aromatic N) is 5. The molecule has 12 rings (SSSR count). The predicted molar refractivity (Wildman–Crippen MR) is 241 cm³/mol. The molecule has 0 amide bonds. The number of fused-ring (bicyclic) bond motifs is 9. The number of para-hydroxylation sites is 3. The lowest BCUT2D eigenvalue weighted by Gasteiger charge is -2.13. The maximum absolute atomic E-state index is 8.26. The fraction of sp³-hybridized carbons (Fsp3) is 0. The minimum Gasteiger partial charge on any atom is -0.456 e. The molecule has 0 saturated heterocycles. The minimum atomic E-state index is 0.422. The van der Waals surface area contributed by atoms with Crippen LogP contribution in [0.25, 0.3) is 116 Å². The first-order chi connectivity index (χ1) is 29.2. The van der Waals surface area contributed by atoms with Crippen LogP contribution in [0.3, 0.4) is 0 Å². The monoisotopic (exact) mass is 753 g/mol. The Bertz CT molecular complexity index is 3570. The van der Waals surface area contributed by atoms with Crippen molar-refractivity contribution in [3.63, 3.8) is 0 Å². The van der Waals surface area contributed by atoms with Crippen LogP contribution in [0.5, 0.6) is 0 Å². The number of furan rings is 1. The van der Waals surface area contributed by atoms with Gasteiger partial charge in [-0.2, -0.15) is 0 Å². The van der Waals surface area contributed by atoms with E-state index >= 15 is 0 Å². The molecule has 0 unspecified atom stereocenters. The molecule has 6 heteroatoms. The zero-order valence-corrected chi connectivity index (χ0v) is 31.5. The first kappa shape index (κ1) is 32.9. The van der Waals surface area contributed by atoms with E-state index in [9.17, 15) is 0 Å². The normalized spacial score (nSPS) is 11.7. The number of aromatic nitrogens is 4. The summed E-state index contributed by atoms with van der Waals surface area (Å²) in [6, 6.07) is 65.0. The van der Waals surface area contributed by atoms with Crippen LogP contribution in [-0.4, -0.2) is 19.1 Å². The van der Waals surface area contributed by atoms with Crippen LogP contribution in [0.15, 0.2) is 192 Å². The number of benzene rings is 8. The summed E-state index contributed by atoms with van der Waals surface area (Å²) in [4.78, 5) is 14.3. The molecule has 0 radical (unpaired) electrons. The van der Waals surface area contributed by atoms with Crippen molar-refractivity contribution < 1.29 is 4.42 Å². The third kappa shape index (κ3) is 4.99. The van der Waals surface area contributed by atoms with Gasteiger partial charge < -0.3 is 13.6 Å². The summed E-state index contributed by atoms with van der Waals surface area (Å²) in [5, 5.41) is 6.72. The smallest absolute Gasteiger partial charge is 0.238 e. The van der Waals surface area contributed by atoms with Gasteiger partial charge in [0.1, 0.15) is 11.2 Å². The molecular formula is C53H31N5O. The van der Waals surface area contributed by atoms with Crippen LogP contribution >= 0.6 is 0 Å². The Morgan fingerprint density at radius 3 is 1.49 bits per heavy atom. The molecule has 12 aromatic rings. The SMILES string of the molecule is [C-]#[N+]c1c(-c2ccccc2)nc(-c2cccc3oc4ccc(-n5c6ccccc6c6cc(-n7c8ccccc8c8ccccc87)ccc65)cc4c23)nc1-c1ccccc1. The summed E-state index contributed by atoms with van der Waals surface area (Å²) in [7, 11) is 0. The van der Waals surface area contributed by atoms with Gasteiger partial charge in [0.2, 0.25) is 5.69 Å². The molecule has 0 spiro atoms. The average molecular weight is 754 g/mol. The molecule has 4 aromatic heterocycles. The molecule has 59 heavy (non-hydrogen) atoms. The second-order valence-corrected chi connectivity index (χ2v) is 14.8. The van der Waals surface area contributed by atoms with Crippen LogP contribution < -0.4 is 0 Å². The fourth-order valence-corrected chi connectivity index (χ4v) is 8.99. The first-order valence-electron chi connectivity index (χ1n) is 19.6. The molecule has 4 heterocycles. The van der Waals surface area contributed by atoms with Crippen LogP contribution in [0, 0.1) is 6.57 Å². The lowest BCUT2D eigenvalue weighted by Crippen LogP contribution is -1.97. The van der Waals surface area contributed by atoms with Crippen LogP contribution in [-0.2, 0) is 0 Å². The molecular weight excluding hydrogens is 723 g/mol. The Hall–Kier alpha value is -8.27. The van der Waals surface area contributed by atoms with E-state index in [1.165, 1.54) is 32.6 Å². The maximum atomic E-state index is 8.26. The summed E-state index contributed by atoms with van der Waals surface area (Å²) in [6.45, 7) is 8.26. The Morgan fingerprint density at radius 1 is 0.424 bits per heavy atom. The van der Waals surface area contributed by atoms with Gasteiger partial charge in [-0.15, -0.1) is 0 Å². The number of rotatable bonds is 5. The lowest BCUT2D eigenvalue weighted by atomic mass is 10.0. The van der Waals surface area contributed by atoms with E-state index in [1.807, 2.05) is 72.8 Å². The van der Waals surface area contributed by atoms with Crippen LogP contribution in [0.4, 0.5) is 5.69 Å². The molecule has 274 valence electrons. The molecule has 0 atom stereocenters. The second-order valence-electron chi connectivity index (χ2n) is 14.8. The highest BCUT2D eigenvalue weighted by molar-refractivity contribution is 6.15. The molecule has 8 aromatic carbocycles. The molecule has 0 aliphatic heterocycles. The molecule has 0 aliphatic carbocycles. The molecule has 0 saturated carbocycles. The maximum Gasteiger partial charge on any atom is 0.238 e. The van der Waals surface area contributed by atoms with Crippen molar-refractivity contribution in [3.8, 4) is 45.3 Å².